The van der Waals surface area contributed by atoms with Crippen LogP contribution in [0, 0.1) is 18.3 Å². The molecule has 2 aromatic rings. The zero-order chi connectivity index (χ0) is 16.8. The Balaban J connectivity index is 2.16. The first-order valence-electron chi connectivity index (χ1n) is 6.57. The Morgan fingerprint density at radius 1 is 1.39 bits per heavy atom. The van der Waals surface area contributed by atoms with E-state index in [0.29, 0.717) is 15.4 Å². The fourth-order valence-electron chi connectivity index (χ4n) is 1.78. The highest BCUT2D eigenvalue weighted by Gasteiger charge is 2.20. The lowest BCUT2D eigenvalue weighted by Gasteiger charge is -1.97. The molecule has 2 heterocycles. The van der Waals surface area contributed by atoms with Crippen LogP contribution in [0.1, 0.15) is 33.3 Å². The van der Waals surface area contributed by atoms with Gasteiger partial charge in [0.2, 0.25) is 5.91 Å². The second-order valence-electron chi connectivity index (χ2n) is 4.53. The number of nitrogens with one attached hydrogen (secondary N) is 2. The van der Waals surface area contributed by atoms with Crippen molar-refractivity contribution in [3.8, 4) is 6.07 Å². The first kappa shape index (κ1) is 16.3. The zero-order valence-electron chi connectivity index (χ0n) is 12.5. The molecule has 2 rings (SSSR count). The maximum Gasteiger partial charge on any atom is 0.281 e. The van der Waals surface area contributed by atoms with Gasteiger partial charge in [0, 0.05) is 19.3 Å². The van der Waals surface area contributed by atoms with E-state index in [2.05, 4.69) is 20.8 Å². The SMILES string of the molecule is CC(=O)Nc1sc(C(=O)N/N=C\c2ccncc2)c(C)c1C#N. The number of hydrazone groups is 1. The summed E-state index contributed by atoms with van der Waals surface area (Å²) in [5.41, 5.74) is 3.99. The van der Waals surface area contributed by atoms with Crippen molar-refractivity contribution >= 4 is 34.4 Å². The number of carbonyl (C=O) groups excluding carboxylic acids is 2. The summed E-state index contributed by atoms with van der Waals surface area (Å²) < 4.78 is 0. The lowest BCUT2D eigenvalue weighted by molar-refractivity contribution is -0.114. The van der Waals surface area contributed by atoms with Gasteiger partial charge >= 0.3 is 0 Å². The van der Waals surface area contributed by atoms with E-state index in [-0.39, 0.29) is 11.5 Å². The van der Waals surface area contributed by atoms with Gasteiger partial charge in [-0.15, -0.1) is 11.3 Å². The molecule has 0 aliphatic heterocycles. The molecule has 0 aliphatic rings. The summed E-state index contributed by atoms with van der Waals surface area (Å²) in [6, 6.07) is 5.49. The summed E-state index contributed by atoms with van der Waals surface area (Å²) in [5.74, 6) is -0.740. The number of amides is 2. The highest BCUT2D eigenvalue weighted by atomic mass is 32.1. The second-order valence-corrected chi connectivity index (χ2v) is 5.55. The maximum absolute atomic E-state index is 12.2. The quantitative estimate of drug-likeness (QED) is 0.662. The number of rotatable bonds is 4. The van der Waals surface area contributed by atoms with E-state index >= 15 is 0 Å². The number of anilines is 1. The van der Waals surface area contributed by atoms with Crippen molar-refractivity contribution in [1.82, 2.24) is 10.4 Å². The molecule has 23 heavy (non-hydrogen) atoms. The van der Waals surface area contributed by atoms with E-state index in [1.165, 1.54) is 13.1 Å². The van der Waals surface area contributed by atoms with Gasteiger partial charge in [0.25, 0.3) is 5.91 Å². The highest BCUT2D eigenvalue weighted by molar-refractivity contribution is 7.18. The second kappa shape index (κ2) is 7.29. The van der Waals surface area contributed by atoms with Crippen molar-refractivity contribution in [1.29, 1.82) is 5.26 Å². The predicted molar refractivity (Wildman–Crippen MR) is 87.4 cm³/mol. The Labute approximate surface area is 136 Å². The van der Waals surface area contributed by atoms with Gasteiger partial charge < -0.3 is 5.32 Å². The van der Waals surface area contributed by atoms with Crippen LogP contribution < -0.4 is 10.7 Å². The lowest BCUT2D eigenvalue weighted by atomic mass is 10.1. The van der Waals surface area contributed by atoms with Gasteiger partial charge in [-0.3, -0.25) is 14.6 Å². The summed E-state index contributed by atoms with van der Waals surface area (Å²) in [6.07, 6.45) is 4.72. The van der Waals surface area contributed by atoms with Gasteiger partial charge in [-0.1, -0.05) is 0 Å². The van der Waals surface area contributed by atoms with Crippen LogP contribution in [-0.4, -0.2) is 23.0 Å². The van der Waals surface area contributed by atoms with Crippen LogP contribution in [0.3, 0.4) is 0 Å². The lowest BCUT2D eigenvalue weighted by Crippen LogP contribution is -2.17. The number of hydrogen-bond acceptors (Lipinski definition) is 6. The van der Waals surface area contributed by atoms with Crippen LogP contribution in [0.25, 0.3) is 0 Å². The van der Waals surface area contributed by atoms with E-state index < -0.39 is 5.91 Å². The third kappa shape index (κ3) is 3.99. The van der Waals surface area contributed by atoms with Crippen molar-refractivity contribution in [2.45, 2.75) is 13.8 Å². The van der Waals surface area contributed by atoms with Gasteiger partial charge in [-0.25, -0.2) is 5.43 Å². The molecular formula is C15H13N5O2S. The standard InChI is InChI=1S/C15H13N5O2S/c1-9-12(7-16)15(19-10(2)21)23-13(9)14(22)20-18-8-11-3-5-17-6-4-11/h3-6,8H,1-2H3,(H,19,21)(H,20,22)/b18-8-. The molecule has 0 fully saturated rings. The molecule has 8 heteroatoms. The summed E-state index contributed by atoms with van der Waals surface area (Å²) in [6.45, 7) is 3.00. The van der Waals surface area contributed by atoms with Crippen molar-refractivity contribution in [2.75, 3.05) is 5.32 Å². The topological polar surface area (TPSA) is 107 Å². The number of nitriles is 1. The van der Waals surface area contributed by atoms with E-state index in [0.717, 1.165) is 16.9 Å². The van der Waals surface area contributed by atoms with E-state index in [4.69, 9.17) is 0 Å². The van der Waals surface area contributed by atoms with Gasteiger partial charge in [-0.2, -0.15) is 10.4 Å². The monoisotopic (exact) mass is 327 g/mol. The summed E-state index contributed by atoms with van der Waals surface area (Å²) in [7, 11) is 0. The first-order valence-corrected chi connectivity index (χ1v) is 7.39. The van der Waals surface area contributed by atoms with Gasteiger partial charge in [0.15, 0.2) is 0 Å². The molecule has 0 aliphatic carbocycles. The molecular weight excluding hydrogens is 314 g/mol. The Kier molecular flexibility index (Phi) is 5.17. The Hall–Kier alpha value is -3.05. The molecule has 2 N–H and O–H groups in total. The van der Waals surface area contributed by atoms with E-state index in [1.807, 2.05) is 6.07 Å². The van der Waals surface area contributed by atoms with Crippen LogP contribution in [0.5, 0.6) is 0 Å². The molecule has 0 bridgehead atoms. The van der Waals surface area contributed by atoms with Crippen LogP contribution in [0.15, 0.2) is 29.6 Å². The molecule has 2 aromatic heterocycles. The van der Waals surface area contributed by atoms with Crippen molar-refractivity contribution in [3.05, 3.63) is 46.1 Å². The molecule has 0 radical (unpaired) electrons. The average Bonchev–Trinajstić information content (AvgIpc) is 2.83. The fourth-order valence-corrected chi connectivity index (χ4v) is 2.87. The minimum atomic E-state index is -0.439. The number of pyridine rings is 1. The van der Waals surface area contributed by atoms with E-state index in [9.17, 15) is 14.9 Å². The van der Waals surface area contributed by atoms with Crippen molar-refractivity contribution < 1.29 is 9.59 Å². The highest BCUT2D eigenvalue weighted by Crippen LogP contribution is 2.32. The number of aromatic nitrogens is 1. The average molecular weight is 327 g/mol. The molecule has 0 aromatic carbocycles. The number of nitrogens with zero attached hydrogens (tertiary/aromatic N) is 3. The minimum absolute atomic E-state index is 0.286. The van der Waals surface area contributed by atoms with Gasteiger partial charge in [-0.05, 0) is 30.2 Å². The van der Waals surface area contributed by atoms with E-state index in [1.54, 1.807) is 31.5 Å². The molecule has 2 amide bonds. The Morgan fingerprint density at radius 2 is 2.09 bits per heavy atom. The van der Waals surface area contributed by atoms with Crippen molar-refractivity contribution in [2.24, 2.45) is 5.10 Å². The van der Waals surface area contributed by atoms with Crippen LogP contribution in [-0.2, 0) is 4.79 Å². The molecule has 116 valence electrons. The number of carbonyl (C=O) groups is 2. The number of hydrogen-bond donors (Lipinski definition) is 2. The first-order chi connectivity index (χ1) is 11.0. The fraction of sp³-hybridized carbons (Fsp3) is 0.133. The molecule has 0 saturated heterocycles. The summed E-state index contributed by atoms with van der Waals surface area (Å²) >= 11 is 1.04. The Morgan fingerprint density at radius 3 is 2.70 bits per heavy atom. The Bertz CT molecular complexity index is 805. The third-order valence-electron chi connectivity index (χ3n) is 2.84. The molecule has 0 atom stereocenters. The van der Waals surface area contributed by atoms with Crippen molar-refractivity contribution in [3.63, 3.8) is 0 Å². The molecule has 0 saturated carbocycles. The van der Waals surface area contributed by atoms with Crippen LogP contribution in [0.4, 0.5) is 5.00 Å². The molecule has 0 unspecified atom stereocenters. The minimum Gasteiger partial charge on any atom is -0.317 e. The third-order valence-corrected chi connectivity index (χ3v) is 4.05. The molecule has 0 spiro atoms. The molecule has 7 nitrogen and oxygen atoms in total. The van der Waals surface area contributed by atoms with Gasteiger partial charge in [0.05, 0.1) is 11.8 Å². The maximum atomic E-state index is 12.2. The normalized spacial score (nSPS) is 10.3. The predicted octanol–water partition coefficient (Wildman–Crippen LogP) is 2.05. The summed E-state index contributed by atoms with van der Waals surface area (Å²) in [5, 5.41) is 16.0. The summed E-state index contributed by atoms with van der Waals surface area (Å²) in [4.78, 5) is 27.5. The van der Waals surface area contributed by atoms with Gasteiger partial charge in [0.1, 0.15) is 15.9 Å². The van der Waals surface area contributed by atoms with Crippen LogP contribution >= 0.6 is 11.3 Å². The smallest absolute Gasteiger partial charge is 0.281 e. The number of thiophene rings is 1. The largest absolute Gasteiger partial charge is 0.317 e. The zero-order valence-corrected chi connectivity index (χ0v) is 13.3. The van der Waals surface area contributed by atoms with Crippen LogP contribution in [0.2, 0.25) is 0 Å².